The van der Waals surface area contributed by atoms with E-state index in [0.29, 0.717) is 77.8 Å². The molecule has 3 aliphatic rings. The van der Waals surface area contributed by atoms with Crippen LogP contribution < -0.4 is 0 Å². The largest absolute Gasteiger partial charge is 0.512 e. The van der Waals surface area contributed by atoms with Crippen molar-refractivity contribution in [3.63, 3.8) is 0 Å². The van der Waals surface area contributed by atoms with Gasteiger partial charge in [-0.1, -0.05) is 41.5 Å². The number of carbonyl (C=O) groups excluding carboxylic acids is 3. The van der Waals surface area contributed by atoms with Crippen LogP contribution in [0, 0.1) is 17.8 Å². The molecule has 0 saturated carbocycles. The summed E-state index contributed by atoms with van der Waals surface area (Å²) in [4.78, 5) is 39.9. The molecule has 0 spiro atoms. The third-order valence-electron chi connectivity index (χ3n) is 7.92. The average Bonchev–Trinajstić information content (AvgIpc) is 2.98. The molecule has 0 bridgehead atoms. The summed E-state index contributed by atoms with van der Waals surface area (Å²) in [5.74, 6) is -0.198. The van der Waals surface area contributed by atoms with E-state index in [1.807, 2.05) is 41.5 Å². The van der Waals surface area contributed by atoms with E-state index in [0.717, 1.165) is 0 Å². The van der Waals surface area contributed by atoms with Crippen molar-refractivity contribution < 1.29 is 62.1 Å². The molecule has 3 saturated heterocycles. The van der Waals surface area contributed by atoms with Crippen LogP contribution in [0.25, 0.3) is 0 Å². The number of allylic oxidation sites excluding steroid dienone is 3. The van der Waals surface area contributed by atoms with Crippen molar-refractivity contribution in [3.8, 4) is 0 Å². The van der Waals surface area contributed by atoms with E-state index in [-0.39, 0.29) is 88.1 Å². The van der Waals surface area contributed by atoms with Crippen LogP contribution in [0.15, 0.2) is 35.5 Å². The van der Waals surface area contributed by atoms with Crippen LogP contribution in [0.2, 0.25) is 0 Å². The van der Waals surface area contributed by atoms with Gasteiger partial charge in [-0.15, -0.1) is 0 Å². The van der Waals surface area contributed by atoms with Crippen LogP contribution in [-0.4, -0.2) is 121 Å². The number of aliphatic hydroxyl groups excluding tert-OH is 6. The van der Waals surface area contributed by atoms with Crippen molar-refractivity contribution >= 4 is 17.7 Å². The summed E-state index contributed by atoms with van der Waals surface area (Å²) in [7, 11) is 0. The van der Waals surface area contributed by atoms with Gasteiger partial charge in [-0.25, -0.2) is 0 Å². The first-order valence-electron chi connectivity index (χ1n) is 16.1. The van der Waals surface area contributed by atoms with Crippen molar-refractivity contribution in [1.82, 2.24) is 14.7 Å². The quantitative estimate of drug-likeness (QED) is 0.138. The molecular formula is C33H57FeN3O9. The maximum absolute atomic E-state index is 11.6. The maximum atomic E-state index is 11.6. The Labute approximate surface area is 284 Å². The molecule has 12 nitrogen and oxygen atoms in total. The Hall–Kier alpha value is -2.57. The van der Waals surface area contributed by atoms with Gasteiger partial charge in [0.25, 0.3) is 0 Å². The molecule has 46 heavy (non-hydrogen) atoms. The Morgan fingerprint density at radius 2 is 0.652 bits per heavy atom. The number of carbonyl (C=O) groups is 3. The standard InChI is InChI=1S/3C11H19NO3.Fe/c3*1-8(2)10(14)7-11(15)12-5-3-9(13)4-6-12;/h3*7-9,13-14H,3-6H2,1-2H3;. The molecule has 266 valence electrons. The summed E-state index contributed by atoms with van der Waals surface area (Å²) < 4.78 is 0. The number of hydrogen-bond acceptors (Lipinski definition) is 9. The Morgan fingerprint density at radius 3 is 0.804 bits per heavy atom. The Morgan fingerprint density at radius 1 is 0.478 bits per heavy atom. The monoisotopic (exact) mass is 695 g/mol. The summed E-state index contributed by atoms with van der Waals surface area (Å²) >= 11 is 0. The Kier molecular flexibility index (Phi) is 20.8. The van der Waals surface area contributed by atoms with Crippen LogP contribution in [0.5, 0.6) is 0 Å². The molecule has 0 unspecified atom stereocenters. The van der Waals surface area contributed by atoms with Gasteiger partial charge in [0, 0.05) is 92.3 Å². The van der Waals surface area contributed by atoms with Crippen molar-refractivity contribution in [2.24, 2.45) is 17.8 Å². The van der Waals surface area contributed by atoms with Crippen molar-refractivity contribution in [2.75, 3.05) is 39.3 Å². The fourth-order valence-corrected chi connectivity index (χ4v) is 4.41. The van der Waals surface area contributed by atoms with Gasteiger partial charge >= 0.3 is 0 Å². The molecule has 6 N–H and O–H groups in total. The van der Waals surface area contributed by atoms with E-state index < -0.39 is 0 Å². The average molecular weight is 696 g/mol. The molecule has 0 aromatic carbocycles. The van der Waals surface area contributed by atoms with Crippen LogP contribution >= 0.6 is 0 Å². The minimum atomic E-state index is -0.281. The third-order valence-corrected chi connectivity index (χ3v) is 7.92. The number of rotatable bonds is 6. The molecule has 3 aliphatic heterocycles. The number of piperidine rings is 3. The fourth-order valence-electron chi connectivity index (χ4n) is 4.41. The Balaban J connectivity index is 0.000000653. The first kappa shape index (κ1) is 43.4. The van der Waals surface area contributed by atoms with E-state index in [9.17, 15) is 45.0 Å². The van der Waals surface area contributed by atoms with Gasteiger partial charge in [0.15, 0.2) is 0 Å². The second-order valence-electron chi connectivity index (χ2n) is 12.8. The fraction of sp³-hybridized carbons (Fsp3) is 0.727. The zero-order chi connectivity index (χ0) is 34.3. The molecule has 0 atom stereocenters. The summed E-state index contributed by atoms with van der Waals surface area (Å²) in [6.45, 7) is 14.4. The summed E-state index contributed by atoms with van der Waals surface area (Å²) in [6, 6.07) is 0. The number of likely N-dealkylation sites (tertiary alicyclic amines) is 3. The van der Waals surface area contributed by atoms with E-state index in [1.54, 1.807) is 14.7 Å². The second kappa shape index (κ2) is 22.1. The zero-order valence-electron chi connectivity index (χ0n) is 28.3. The summed E-state index contributed by atoms with van der Waals surface area (Å²) in [5.41, 5.74) is 0. The SMILES string of the molecule is CC(C)C(O)=CC(=O)N1CCC(O)CC1.CC(C)C(O)=CC(=O)N1CCC(O)CC1.CC(C)C(O)=CC(=O)N1CCC(O)CC1.[Fe]. The predicted octanol–water partition coefficient (Wildman–Crippen LogP) is 3.20. The van der Waals surface area contributed by atoms with Crippen molar-refractivity contribution in [2.45, 2.75) is 98.4 Å². The zero-order valence-corrected chi connectivity index (χ0v) is 29.4. The first-order valence-corrected chi connectivity index (χ1v) is 16.1. The smallest absolute Gasteiger partial charge is 0.249 e. The topological polar surface area (TPSA) is 182 Å². The summed E-state index contributed by atoms with van der Waals surface area (Å²) in [6.07, 6.45) is 6.76. The minimum Gasteiger partial charge on any atom is -0.512 e. The van der Waals surface area contributed by atoms with E-state index in [1.165, 1.54) is 18.2 Å². The van der Waals surface area contributed by atoms with Gasteiger partial charge in [-0.2, -0.15) is 0 Å². The van der Waals surface area contributed by atoms with E-state index >= 15 is 0 Å². The van der Waals surface area contributed by atoms with Gasteiger partial charge in [0.05, 0.1) is 18.3 Å². The normalized spacial score (nSPS) is 19.3. The van der Waals surface area contributed by atoms with Gasteiger partial charge in [-0.05, 0) is 38.5 Å². The number of hydrogen-bond donors (Lipinski definition) is 6. The van der Waals surface area contributed by atoms with Gasteiger partial charge in [0.2, 0.25) is 17.7 Å². The van der Waals surface area contributed by atoms with Gasteiger partial charge < -0.3 is 45.3 Å². The molecule has 3 rings (SSSR count). The van der Waals surface area contributed by atoms with Crippen LogP contribution in [0.1, 0.15) is 80.1 Å². The summed E-state index contributed by atoms with van der Waals surface area (Å²) in [5, 5.41) is 56.2. The molecule has 0 radical (unpaired) electrons. The number of amides is 3. The van der Waals surface area contributed by atoms with E-state index in [4.69, 9.17) is 0 Å². The van der Waals surface area contributed by atoms with Gasteiger partial charge in [-0.3, -0.25) is 14.4 Å². The van der Waals surface area contributed by atoms with Crippen LogP contribution in [0.3, 0.4) is 0 Å². The molecule has 0 aliphatic carbocycles. The number of nitrogens with zero attached hydrogens (tertiary/aromatic N) is 3. The molecular weight excluding hydrogens is 638 g/mol. The molecule has 0 aromatic rings. The molecule has 13 heteroatoms. The molecule has 3 fully saturated rings. The first-order chi connectivity index (χ1) is 21.0. The molecule has 3 heterocycles. The molecule has 3 amide bonds. The predicted molar refractivity (Wildman–Crippen MR) is 172 cm³/mol. The van der Waals surface area contributed by atoms with Crippen LogP contribution in [-0.2, 0) is 31.5 Å². The van der Waals surface area contributed by atoms with Crippen molar-refractivity contribution in [3.05, 3.63) is 35.5 Å². The van der Waals surface area contributed by atoms with Gasteiger partial charge in [0.1, 0.15) is 17.3 Å². The van der Waals surface area contributed by atoms with E-state index in [2.05, 4.69) is 0 Å². The Bertz CT molecular complexity index is 893. The van der Waals surface area contributed by atoms with Crippen LogP contribution in [0.4, 0.5) is 0 Å². The second-order valence-corrected chi connectivity index (χ2v) is 12.8. The molecule has 0 aromatic heterocycles. The number of aliphatic hydroxyl groups is 6. The van der Waals surface area contributed by atoms with Crippen molar-refractivity contribution in [1.29, 1.82) is 0 Å². The third kappa shape index (κ3) is 16.8. The maximum Gasteiger partial charge on any atom is 0.249 e. The minimum absolute atomic E-state index is 0.